The maximum Gasteiger partial charge on any atom is 0.319 e. The molecule has 2 rings (SSSR count). The first kappa shape index (κ1) is 15.5. The van der Waals surface area contributed by atoms with Crippen LogP contribution in [0.1, 0.15) is 24.0 Å². The molecular formula is C16H25N3O2. The molecule has 1 heterocycles. The molecule has 0 aliphatic carbocycles. The molecule has 0 bridgehead atoms. The first-order valence-corrected chi connectivity index (χ1v) is 7.42. The number of piperidine rings is 1. The smallest absolute Gasteiger partial charge is 0.319 e. The molecule has 1 aliphatic rings. The normalized spacial score (nSPS) is 15.9. The Balaban J connectivity index is 1.95. The molecule has 116 valence electrons. The van der Waals surface area contributed by atoms with E-state index >= 15 is 0 Å². The predicted octanol–water partition coefficient (Wildman–Crippen LogP) is 2.57. The molecule has 21 heavy (non-hydrogen) atoms. The quantitative estimate of drug-likeness (QED) is 0.880. The van der Waals surface area contributed by atoms with E-state index in [1.165, 1.54) is 0 Å². The van der Waals surface area contributed by atoms with Gasteiger partial charge in [0.25, 0.3) is 0 Å². The van der Waals surface area contributed by atoms with Crippen LogP contribution in [0, 0.1) is 13.8 Å². The zero-order valence-electron chi connectivity index (χ0n) is 13.3. The van der Waals surface area contributed by atoms with Crippen LogP contribution in [0.3, 0.4) is 0 Å². The molecule has 1 aliphatic heterocycles. The summed E-state index contributed by atoms with van der Waals surface area (Å²) >= 11 is 0. The number of aryl methyl sites for hydroxylation is 1. The maximum absolute atomic E-state index is 11.9. The minimum absolute atomic E-state index is 0.0811. The number of carbonyl (C=O) groups excluding carboxylic acids is 1. The van der Waals surface area contributed by atoms with Gasteiger partial charge in [0.2, 0.25) is 0 Å². The number of rotatable bonds is 2. The summed E-state index contributed by atoms with van der Waals surface area (Å²) in [6.07, 6.45) is 1.85. The first-order chi connectivity index (χ1) is 9.90. The molecule has 0 aromatic heterocycles. The second kappa shape index (κ2) is 6.24. The van der Waals surface area contributed by atoms with Crippen LogP contribution in [0.15, 0.2) is 12.1 Å². The van der Waals surface area contributed by atoms with Gasteiger partial charge in [-0.3, -0.25) is 0 Å². The summed E-state index contributed by atoms with van der Waals surface area (Å²) in [4.78, 5) is 15.4. The summed E-state index contributed by atoms with van der Waals surface area (Å²) in [5, 5.41) is 13.5. The van der Waals surface area contributed by atoms with Gasteiger partial charge in [-0.05, 0) is 38.3 Å². The van der Waals surface area contributed by atoms with Crippen LogP contribution in [0.25, 0.3) is 0 Å². The van der Waals surface area contributed by atoms with Gasteiger partial charge in [0, 0.05) is 44.5 Å². The fraction of sp³-hybridized carbons (Fsp3) is 0.562. The number of hydrogen-bond donors (Lipinski definition) is 2. The number of nitrogens with zero attached hydrogens (tertiary/aromatic N) is 2. The molecule has 1 saturated heterocycles. The van der Waals surface area contributed by atoms with Gasteiger partial charge in [-0.2, -0.15) is 0 Å². The molecule has 0 saturated carbocycles. The van der Waals surface area contributed by atoms with E-state index < -0.39 is 0 Å². The monoisotopic (exact) mass is 291 g/mol. The third-order valence-corrected chi connectivity index (χ3v) is 4.14. The van der Waals surface area contributed by atoms with Gasteiger partial charge in [0.15, 0.2) is 0 Å². The number of anilines is 1. The SMILES string of the molecule is Cc1ccc(NC2CCN(C(=O)N(C)C)CC2)c(C)c1O. The predicted molar refractivity (Wildman–Crippen MR) is 84.9 cm³/mol. The Morgan fingerprint density at radius 2 is 1.90 bits per heavy atom. The topological polar surface area (TPSA) is 55.8 Å². The summed E-state index contributed by atoms with van der Waals surface area (Å²) in [6, 6.07) is 4.37. The number of phenolic OH excluding ortho intramolecular Hbond substituents is 1. The molecular weight excluding hydrogens is 266 g/mol. The molecule has 0 radical (unpaired) electrons. The number of amides is 2. The number of likely N-dealkylation sites (tertiary alicyclic amines) is 1. The molecule has 1 aromatic carbocycles. The number of benzene rings is 1. The number of nitrogens with one attached hydrogen (secondary N) is 1. The highest BCUT2D eigenvalue weighted by Gasteiger charge is 2.24. The van der Waals surface area contributed by atoms with Crippen LogP contribution >= 0.6 is 0 Å². The van der Waals surface area contributed by atoms with Crippen LogP contribution < -0.4 is 5.32 Å². The van der Waals surface area contributed by atoms with Crippen molar-refractivity contribution >= 4 is 11.7 Å². The fourth-order valence-electron chi connectivity index (χ4n) is 2.71. The third kappa shape index (κ3) is 3.40. The lowest BCUT2D eigenvalue weighted by molar-refractivity contribution is 0.158. The van der Waals surface area contributed by atoms with Crippen molar-refractivity contribution in [3.63, 3.8) is 0 Å². The van der Waals surface area contributed by atoms with Crippen molar-refractivity contribution in [2.75, 3.05) is 32.5 Å². The molecule has 5 nitrogen and oxygen atoms in total. The number of urea groups is 1. The summed E-state index contributed by atoms with van der Waals surface area (Å²) in [7, 11) is 3.57. The van der Waals surface area contributed by atoms with Crippen molar-refractivity contribution in [3.05, 3.63) is 23.3 Å². The Labute approximate surface area is 126 Å². The number of carbonyl (C=O) groups is 1. The Morgan fingerprint density at radius 3 is 2.48 bits per heavy atom. The Bertz CT molecular complexity index is 520. The van der Waals surface area contributed by atoms with Gasteiger partial charge in [-0.25, -0.2) is 4.79 Å². The van der Waals surface area contributed by atoms with Gasteiger partial charge >= 0.3 is 6.03 Å². The van der Waals surface area contributed by atoms with Gasteiger partial charge in [0.1, 0.15) is 5.75 Å². The lowest BCUT2D eigenvalue weighted by Crippen LogP contribution is -2.46. The van der Waals surface area contributed by atoms with Crippen molar-refractivity contribution < 1.29 is 9.90 Å². The second-order valence-corrected chi connectivity index (χ2v) is 5.99. The molecule has 2 N–H and O–H groups in total. The van der Waals surface area contributed by atoms with E-state index in [2.05, 4.69) is 5.32 Å². The Morgan fingerprint density at radius 1 is 1.29 bits per heavy atom. The molecule has 5 heteroatoms. The largest absolute Gasteiger partial charge is 0.507 e. The Kier molecular flexibility index (Phi) is 4.60. The van der Waals surface area contributed by atoms with Crippen LogP contribution in [-0.4, -0.2) is 54.2 Å². The first-order valence-electron chi connectivity index (χ1n) is 7.42. The summed E-state index contributed by atoms with van der Waals surface area (Å²) < 4.78 is 0. The lowest BCUT2D eigenvalue weighted by atomic mass is 10.0. The standard InChI is InChI=1S/C16H25N3O2/c1-11-5-6-14(12(2)15(11)20)17-13-7-9-19(10-8-13)16(21)18(3)4/h5-6,13,17,20H,7-10H2,1-4H3. The zero-order chi connectivity index (χ0) is 15.6. The average molecular weight is 291 g/mol. The van der Waals surface area contributed by atoms with E-state index in [9.17, 15) is 9.90 Å². The summed E-state index contributed by atoms with van der Waals surface area (Å²) in [5.41, 5.74) is 2.77. The number of aromatic hydroxyl groups is 1. The molecule has 2 amide bonds. The molecule has 0 spiro atoms. The van der Waals surface area contributed by atoms with E-state index in [1.54, 1.807) is 19.0 Å². The Hall–Kier alpha value is -1.91. The zero-order valence-corrected chi connectivity index (χ0v) is 13.3. The summed E-state index contributed by atoms with van der Waals surface area (Å²) in [5.74, 6) is 0.361. The minimum atomic E-state index is 0.0811. The van der Waals surface area contributed by atoms with Crippen molar-refractivity contribution in [1.29, 1.82) is 0 Å². The van der Waals surface area contributed by atoms with Crippen molar-refractivity contribution in [2.24, 2.45) is 0 Å². The van der Waals surface area contributed by atoms with Crippen molar-refractivity contribution in [2.45, 2.75) is 32.7 Å². The van der Waals surface area contributed by atoms with Gasteiger partial charge in [-0.1, -0.05) is 6.07 Å². The van der Waals surface area contributed by atoms with Crippen LogP contribution in [0.2, 0.25) is 0 Å². The molecule has 0 atom stereocenters. The van der Waals surface area contributed by atoms with Gasteiger partial charge in [-0.15, -0.1) is 0 Å². The maximum atomic E-state index is 11.9. The van der Waals surface area contributed by atoms with Crippen molar-refractivity contribution in [1.82, 2.24) is 9.80 Å². The number of hydrogen-bond acceptors (Lipinski definition) is 3. The van der Waals surface area contributed by atoms with E-state index in [0.717, 1.165) is 42.7 Å². The van der Waals surface area contributed by atoms with E-state index in [4.69, 9.17) is 0 Å². The van der Waals surface area contributed by atoms with Crippen molar-refractivity contribution in [3.8, 4) is 5.75 Å². The van der Waals surface area contributed by atoms with E-state index in [-0.39, 0.29) is 6.03 Å². The summed E-state index contributed by atoms with van der Waals surface area (Å²) in [6.45, 7) is 5.37. The van der Waals surface area contributed by atoms with Gasteiger partial charge < -0.3 is 20.2 Å². The van der Waals surface area contributed by atoms with Crippen LogP contribution in [-0.2, 0) is 0 Å². The number of phenols is 1. The fourth-order valence-corrected chi connectivity index (χ4v) is 2.71. The van der Waals surface area contributed by atoms with Crippen LogP contribution in [0.4, 0.5) is 10.5 Å². The third-order valence-electron chi connectivity index (χ3n) is 4.14. The minimum Gasteiger partial charge on any atom is -0.507 e. The molecule has 1 aromatic rings. The highest BCUT2D eigenvalue weighted by atomic mass is 16.3. The van der Waals surface area contributed by atoms with Crippen LogP contribution in [0.5, 0.6) is 5.75 Å². The second-order valence-electron chi connectivity index (χ2n) is 5.99. The lowest BCUT2D eigenvalue weighted by Gasteiger charge is -2.34. The molecule has 1 fully saturated rings. The highest BCUT2D eigenvalue weighted by molar-refractivity contribution is 5.74. The van der Waals surface area contributed by atoms with E-state index in [0.29, 0.717) is 11.8 Å². The average Bonchev–Trinajstić information content (AvgIpc) is 2.48. The van der Waals surface area contributed by atoms with E-state index in [1.807, 2.05) is 30.9 Å². The highest BCUT2D eigenvalue weighted by Crippen LogP contribution is 2.29. The molecule has 0 unspecified atom stereocenters. The van der Waals surface area contributed by atoms with Gasteiger partial charge in [0.05, 0.1) is 0 Å².